The first-order valence-electron chi connectivity index (χ1n) is 14.5. The van der Waals surface area contributed by atoms with Crippen molar-refractivity contribution in [3.63, 3.8) is 0 Å². The maximum Gasteiger partial charge on any atom is 0.271 e. The van der Waals surface area contributed by atoms with Gasteiger partial charge < -0.3 is 20.1 Å². The Hall–Kier alpha value is -5.00. The van der Waals surface area contributed by atoms with Crippen molar-refractivity contribution in [1.82, 2.24) is 10.4 Å². The molecule has 0 spiro atoms. The number of aryl methyl sites for hydroxylation is 2. The second-order valence-corrected chi connectivity index (χ2v) is 12.0. The monoisotopic (exact) mass is 697 g/mol. The molecule has 0 bridgehead atoms. The number of aromatic nitrogens is 1. The third-order valence-corrected chi connectivity index (χ3v) is 7.99. The normalized spacial score (nSPS) is 10.9. The van der Waals surface area contributed by atoms with Gasteiger partial charge in [0.15, 0.2) is 23.2 Å². The molecule has 0 fully saturated rings. The third kappa shape index (κ3) is 8.80. The van der Waals surface area contributed by atoms with Crippen LogP contribution in [0, 0.1) is 13.8 Å². The van der Waals surface area contributed by atoms with Crippen molar-refractivity contribution < 1.29 is 19.1 Å². The summed E-state index contributed by atoms with van der Waals surface area (Å²) in [6, 6.07) is 26.3. The fourth-order valence-electron chi connectivity index (χ4n) is 4.28. The number of nitrogens with zero attached hydrogens (tertiary/aromatic N) is 2. The lowest BCUT2D eigenvalue weighted by atomic mass is 10.1. The number of hydrazone groups is 1. The van der Waals surface area contributed by atoms with Gasteiger partial charge in [-0.3, -0.25) is 9.59 Å². The molecule has 1 aromatic heterocycles. The number of amides is 2. The van der Waals surface area contributed by atoms with Crippen LogP contribution in [0.2, 0.25) is 0 Å². The van der Waals surface area contributed by atoms with Gasteiger partial charge >= 0.3 is 0 Å². The molecule has 234 valence electrons. The lowest BCUT2D eigenvalue weighted by Gasteiger charge is -2.14. The molecule has 0 aliphatic carbocycles. The van der Waals surface area contributed by atoms with Gasteiger partial charge in [-0.25, -0.2) is 10.4 Å². The minimum absolute atomic E-state index is 0.206. The highest BCUT2D eigenvalue weighted by Crippen LogP contribution is 2.36. The van der Waals surface area contributed by atoms with Crippen molar-refractivity contribution in [2.45, 2.75) is 20.8 Å². The van der Waals surface area contributed by atoms with Crippen LogP contribution >= 0.6 is 27.3 Å². The van der Waals surface area contributed by atoms with Gasteiger partial charge in [0.25, 0.3) is 11.8 Å². The van der Waals surface area contributed by atoms with E-state index in [-0.39, 0.29) is 18.4 Å². The second-order valence-electron chi connectivity index (χ2n) is 10.3. The molecule has 11 heteroatoms. The molecule has 0 saturated carbocycles. The molecule has 0 radical (unpaired) electrons. The average molecular weight is 699 g/mol. The third-order valence-electron chi connectivity index (χ3n) is 6.64. The maximum absolute atomic E-state index is 12.8. The number of rotatable bonds is 12. The van der Waals surface area contributed by atoms with Crippen LogP contribution in [-0.2, 0) is 4.79 Å². The molecular weight excluding hydrogens is 666 g/mol. The molecule has 0 saturated heterocycles. The minimum atomic E-state index is -0.355. The molecule has 1 heterocycles. The maximum atomic E-state index is 12.8. The largest absolute Gasteiger partial charge is 0.490 e. The van der Waals surface area contributed by atoms with Crippen molar-refractivity contribution in [3.8, 4) is 22.8 Å². The van der Waals surface area contributed by atoms with Crippen LogP contribution < -0.4 is 25.5 Å². The second kappa shape index (κ2) is 15.3. The van der Waals surface area contributed by atoms with Gasteiger partial charge in [-0.15, -0.1) is 11.3 Å². The Bertz CT molecular complexity index is 1840. The summed E-state index contributed by atoms with van der Waals surface area (Å²) in [6.07, 6.45) is 1.51. The van der Waals surface area contributed by atoms with E-state index >= 15 is 0 Å². The van der Waals surface area contributed by atoms with Crippen LogP contribution in [0.1, 0.15) is 34.0 Å². The Kier molecular flexibility index (Phi) is 10.8. The lowest BCUT2D eigenvalue weighted by molar-refractivity contribution is -0.118. The van der Waals surface area contributed by atoms with E-state index in [0.29, 0.717) is 39.4 Å². The summed E-state index contributed by atoms with van der Waals surface area (Å²) in [5.74, 6) is 0.167. The van der Waals surface area contributed by atoms with Crippen molar-refractivity contribution in [2.24, 2.45) is 5.10 Å². The zero-order valence-corrected chi connectivity index (χ0v) is 27.9. The topological polar surface area (TPSA) is 114 Å². The fraction of sp³-hybridized carbons (Fsp3) is 0.143. The van der Waals surface area contributed by atoms with E-state index in [4.69, 9.17) is 9.47 Å². The van der Waals surface area contributed by atoms with Crippen LogP contribution in [0.15, 0.2) is 99.9 Å². The SMILES string of the molecule is CCOc1cc(/C=N/NC(=O)c2ccc(-c3csc(Nc4ccc(C)cc4)n3)cc2)cc(Br)c1OCC(=O)Nc1ccc(C)cc1. The summed E-state index contributed by atoms with van der Waals surface area (Å²) >= 11 is 5.02. The van der Waals surface area contributed by atoms with Crippen LogP contribution in [0.5, 0.6) is 11.5 Å². The van der Waals surface area contributed by atoms with E-state index in [1.807, 2.05) is 86.8 Å². The lowest BCUT2D eigenvalue weighted by Crippen LogP contribution is -2.20. The van der Waals surface area contributed by atoms with Gasteiger partial charge in [0.2, 0.25) is 0 Å². The first kappa shape index (κ1) is 32.4. The number of benzene rings is 4. The number of carbonyl (C=O) groups excluding carboxylic acids is 2. The zero-order valence-electron chi connectivity index (χ0n) is 25.5. The average Bonchev–Trinajstić information content (AvgIpc) is 3.51. The zero-order chi connectivity index (χ0) is 32.5. The van der Waals surface area contributed by atoms with Crippen LogP contribution in [0.3, 0.4) is 0 Å². The number of hydrogen-bond acceptors (Lipinski definition) is 8. The molecular formula is C35H32BrN5O4S. The van der Waals surface area contributed by atoms with Crippen molar-refractivity contribution in [2.75, 3.05) is 23.8 Å². The summed E-state index contributed by atoms with van der Waals surface area (Å²) in [4.78, 5) is 29.9. The number of hydrogen-bond donors (Lipinski definition) is 3. The molecule has 4 aromatic carbocycles. The quantitative estimate of drug-likeness (QED) is 0.0897. The van der Waals surface area contributed by atoms with Crippen molar-refractivity contribution in [1.29, 1.82) is 0 Å². The molecule has 0 unspecified atom stereocenters. The molecule has 9 nitrogen and oxygen atoms in total. The Morgan fingerprint density at radius 2 is 1.59 bits per heavy atom. The highest BCUT2D eigenvalue weighted by atomic mass is 79.9. The van der Waals surface area contributed by atoms with Crippen molar-refractivity contribution >= 4 is 61.8 Å². The Labute approximate surface area is 279 Å². The summed E-state index contributed by atoms with van der Waals surface area (Å²) in [7, 11) is 0. The molecule has 5 rings (SSSR count). The molecule has 5 aromatic rings. The molecule has 3 N–H and O–H groups in total. The highest BCUT2D eigenvalue weighted by molar-refractivity contribution is 9.10. The van der Waals surface area contributed by atoms with Gasteiger partial charge in [0.05, 0.1) is 23.0 Å². The Balaban J connectivity index is 1.17. The summed E-state index contributed by atoms with van der Waals surface area (Å²) in [5, 5.41) is 13.0. The Morgan fingerprint density at radius 1 is 0.913 bits per heavy atom. The van der Waals surface area contributed by atoms with E-state index in [9.17, 15) is 9.59 Å². The predicted molar refractivity (Wildman–Crippen MR) is 188 cm³/mol. The fourth-order valence-corrected chi connectivity index (χ4v) is 5.60. The molecule has 0 atom stereocenters. The van der Waals surface area contributed by atoms with Crippen LogP contribution in [0.4, 0.5) is 16.5 Å². The van der Waals surface area contributed by atoms with Gasteiger partial charge in [0.1, 0.15) is 0 Å². The molecule has 2 amide bonds. The van der Waals surface area contributed by atoms with E-state index in [2.05, 4.69) is 42.1 Å². The number of ether oxygens (including phenoxy) is 2. The smallest absolute Gasteiger partial charge is 0.271 e. The molecule has 46 heavy (non-hydrogen) atoms. The molecule has 0 aliphatic rings. The first-order valence-corrected chi connectivity index (χ1v) is 16.1. The number of nitrogens with one attached hydrogen (secondary N) is 3. The summed E-state index contributed by atoms with van der Waals surface area (Å²) in [5.41, 5.74) is 9.35. The first-order chi connectivity index (χ1) is 22.3. The van der Waals surface area contributed by atoms with Gasteiger partial charge in [-0.05, 0) is 90.8 Å². The van der Waals surface area contributed by atoms with E-state index < -0.39 is 0 Å². The van der Waals surface area contributed by atoms with Crippen LogP contribution in [0.25, 0.3) is 11.3 Å². The highest BCUT2D eigenvalue weighted by Gasteiger charge is 2.14. The van der Waals surface area contributed by atoms with E-state index in [1.54, 1.807) is 24.3 Å². The standard InChI is InChI=1S/C35H32BrN5O4S/c1-4-44-31-18-24(17-29(36)33(31)45-20-32(42)38-27-13-5-22(2)6-14-27)19-37-41-34(43)26-11-9-25(10-12-26)30-21-46-35(40-30)39-28-15-7-23(3)8-16-28/h5-19,21H,4,20H2,1-3H3,(H,38,42)(H,39,40)(H,41,43)/b37-19+. The van der Waals surface area contributed by atoms with Gasteiger partial charge in [-0.2, -0.15) is 5.10 Å². The Morgan fingerprint density at radius 3 is 2.26 bits per heavy atom. The van der Waals surface area contributed by atoms with E-state index in [1.165, 1.54) is 23.1 Å². The summed E-state index contributed by atoms with van der Waals surface area (Å²) < 4.78 is 12.1. The van der Waals surface area contributed by atoms with Gasteiger partial charge in [0, 0.05) is 27.9 Å². The number of carbonyl (C=O) groups is 2. The number of anilines is 3. The van der Waals surface area contributed by atoms with Crippen LogP contribution in [-0.4, -0.2) is 36.2 Å². The minimum Gasteiger partial charge on any atom is -0.490 e. The predicted octanol–water partition coefficient (Wildman–Crippen LogP) is 8.11. The summed E-state index contributed by atoms with van der Waals surface area (Å²) in [6.45, 7) is 6.06. The van der Waals surface area contributed by atoms with E-state index in [0.717, 1.165) is 27.6 Å². The molecule has 0 aliphatic heterocycles. The van der Waals surface area contributed by atoms with Gasteiger partial charge in [-0.1, -0.05) is 47.5 Å². The number of halogens is 1. The number of thiazole rings is 1. The van der Waals surface area contributed by atoms with Crippen molar-refractivity contribution in [3.05, 3.63) is 117 Å².